The summed E-state index contributed by atoms with van der Waals surface area (Å²) in [4.78, 5) is 19.7. The Bertz CT molecular complexity index is 1360. The number of hydrazone groups is 1. The van der Waals surface area contributed by atoms with E-state index in [1.165, 1.54) is 0 Å². The summed E-state index contributed by atoms with van der Waals surface area (Å²) in [5, 5.41) is 6.79. The fourth-order valence-electron chi connectivity index (χ4n) is 3.78. The second-order valence-corrected chi connectivity index (χ2v) is 8.15. The smallest absolute Gasteiger partial charge is 0.378 e. The number of fused-ring (bicyclic) bond motifs is 1. The molecule has 0 amide bonds. The number of anilines is 2. The zero-order chi connectivity index (χ0) is 26.4. The van der Waals surface area contributed by atoms with Crippen LogP contribution in [0.2, 0.25) is 0 Å². The van der Waals surface area contributed by atoms with Crippen LogP contribution in [0.4, 0.5) is 25.1 Å². The number of nitrogens with zero attached hydrogens (tertiary/aromatic N) is 6. The normalized spacial score (nSPS) is 13.6. The Labute approximate surface area is 212 Å². The first kappa shape index (κ1) is 25.8. The molecule has 5 rings (SSSR count). The maximum absolute atomic E-state index is 10.4. The van der Waals surface area contributed by atoms with Gasteiger partial charge in [-0.05, 0) is 17.7 Å². The molecule has 0 unspecified atom stereocenters. The number of alkyl halides is 3. The summed E-state index contributed by atoms with van der Waals surface area (Å²) in [6.45, 7) is 10.8. The van der Waals surface area contributed by atoms with Gasteiger partial charge in [0.05, 0.1) is 18.9 Å². The summed E-state index contributed by atoms with van der Waals surface area (Å²) in [7, 11) is 0. The number of morpholine rings is 1. The van der Waals surface area contributed by atoms with Crippen molar-refractivity contribution in [2.75, 3.05) is 36.2 Å². The van der Waals surface area contributed by atoms with Crippen LogP contribution in [0.5, 0.6) is 0 Å². The molecule has 0 aliphatic carbocycles. The molecule has 2 aromatic heterocycles. The Morgan fingerprint density at radius 3 is 2.41 bits per heavy atom. The van der Waals surface area contributed by atoms with Crippen LogP contribution in [0.25, 0.3) is 28.0 Å². The first-order chi connectivity index (χ1) is 17.7. The van der Waals surface area contributed by atoms with E-state index >= 15 is 0 Å². The molecule has 1 fully saturated rings. The van der Waals surface area contributed by atoms with Crippen molar-refractivity contribution in [1.29, 1.82) is 0 Å². The minimum Gasteiger partial charge on any atom is -0.378 e. The number of rotatable bonds is 6. The van der Waals surface area contributed by atoms with Gasteiger partial charge in [0.25, 0.3) is 5.95 Å². The average Bonchev–Trinajstić information content (AvgIpc) is 3.38. The van der Waals surface area contributed by atoms with Crippen LogP contribution < -0.4 is 9.91 Å². The number of hydrogen-bond donors (Lipinski definition) is 1. The lowest BCUT2D eigenvalue weighted by atomic mass is 10.1. The first-order valence-corrected chi connectivity index (χ1v) is 11.5. The Morgan fingerprint density at radius 2 is 1.73 bits per heavy atom. The summed E-state index contributed by atoms with van der Waals surface area (Å²) in [5.41, 5.74) is 3.47. The van der Waals surface area contributed by atoms with E-state index in [1.807, 2.05) is 60.8 Å². The number of hydrogen-bond acceptors (Lipinski definition) is 7. The van der Waals surface area contributed by atoms with E-state index in [1.54, 1.807) is 5.01 Å². The molecule has 3 heterocycles. The van der Waals surface area contributed by atoms with E-state index in [2.05, 4.69) is 28.3 Å². The number of aromatic amines is 1. The molecule has 11 heteroatoms. The van der Waals surface area contributed by atoms with Crippen LogP contribution in [0.15, 0.2) is 72.5 Å². The Balaban J connectivity index is 0.000000586. The summed E-state index contributed by atoms with van der Waals surface area (Å²) >= 11 is 0. The van der Waals surface area contributed by atoms with Crippen LogP contribution in [-0.4, -0.2) is 59.1 Å². The zero-order valence-corrected chi connectivity index (χ0v) is 20.2. The van der Waals surface area contributed by atoms with Crippen molar-refractivity contribution in [2.24, 2.45) is 5.10 Å². The molecule has 1 N–H and O–H groups in total. The SMILES string of the molecule is C=NN(C(=C)c1ccccc1)c1nc(-c2cccc3[nH]ccc23)nc(N2CCOCC2)n1.CC(F)(F)F. The third-order valence-corrected chi connectivity index (χ3v) is 5.44. The summed E-state index contributed by atoms with van der Waals surface area (Å²) in [6, 6.07) is 17.8. The maximum Gasteiger partial charge on any atom is 0.386 e. The van der Waals surface area contributed by atoms with Gasteiger partial charge >= 0.3 is 6.18 Å². The molecular weight excluding hydrogens is 483 g/mol. The van der Waals surface area contributed by atoms with Crippen molar-refractivity contribution in [1.82, 2.24) is 19.9 Å². The van der Waals surface area contributed by atoms with Crippen molar-refractivity contribution in [2.45, 2.75) is 13.1 Å². The van der Waals surface area contributed by atoms with Gasteiger partial charge in [-0.2, -0.15) is 38.2 Å². The Hall–Kier alpha value is -4.25. The van der Waals surface area contributed by atoms with E-state index in [-0.39, 0.29) is 6.92 Å². The predicted octanol–water partition coefficient (Wildman–Crippen LogP) is 5.52. The van der Waals surface area contributed by atoms with E-state index in [0.717, 1.165) is 22.0 Å². The van der Waals surface area contributed by atoms with Crippen LogP contribution in [0.3, 0.4) is 0 Å². The number of ether oxygens (including phenoxy) is 1. The fourth-order valence-corrected chi connectivity index (χ4v) is 3.78. The highest BCUT2D eigenvalue weighted by Crippen LogP contribution is 2.30. The molecule has 0 radical (unpaired) electrons. The highest BCUT2D eigenvalue weighted by Gasteiger charge is 2.22. The van der Waals surface area contributed by atoms with Gasteiger partial charge in [-0.25, -0.2) is 0 Å². The van der Waals surface area contributed by atoms with Crippen LogP contribution in [0, 0.1) is 0 Å². The fraction of sp³-hybridized carbons (Fsp3) is 0.231. The Kier molecular flexibility index (Phi) is 7.83. The number of halogens is 3. The molecular formula is C26H26F3N7O. The van der Waals surface area contributed by atoms with Crippen molar-refractivity contribution < 1.29 is 17.9 Å². The second-order valence-electron chi connectivity index (χ2n) is 8.15. The lowest BCUT2D eigenvalue weighted by Crippen LogP contribution is -2.37. The van der Waals surface area contributed by atoms with Crippen LogP contribution in [-0.2, 0) is 4.74 Å². The first-order valence-electron chi connectivity index (χ1n) is 11.5. The van der Waals surface area contributed by atoms with Crippen molar-refractivity contribution in [3.8, 4) is 11.4 Å². The average molecular weight is 510 g/mol. The van der Waals surface area contributed by atoms with Crippen molar-refractivity contribution >= 4 is 35.2 Å². The van der Waals surface area contributed by atoms with Gasteiger partial charge in [-0.15, -0.1) is 0 Å². The molecule has 0 saturated carbocycles. The van der Waals surface area contributed by atoms with Gasteiger partial charge in [0.1, 0.15) is 0 Å². The van der Waals surface area contributed by atoms with Gasteiger partial charge < -0.3 is 14.6 Å². The molecule has 4 aromatic rings. The van der Waals surface area contributed by atoms with Gasteiger partial charge in [0.15, 0.2) is 5.82 Å². The van der Waals surface area contributed by atoms with Crippen molar-refractivity contribution in [3.05, 3.63) is 72.9 Å². The molecule has 192 valence electrons. The maximum atomic E-state index is 10.4. The predicted molar refractivity (Wildman–Crippen MR) is 139 cm³/mol. The number of benzene rings is 2. The number of H-pyrrole nitrogens is 1. The molecule has 0 bridgehead atoms. The van der Waals surface area contributed by atoms with E-state index < -0.39 is 6.18 Å². The van der Waals surface area contributed by atoms with E-state index in [0.29, 0.717) is 49.7 Å². The molecule has 0 atom stereocenters. The van der Waals surface area contributed by atoms with Gasteiger partial charge in [-0.3, -0.25) is 0 Å². The molecule has 37 heavy (non-hydrogen) atoms. The lowest BCUT2D eigenvalue weighted by Gasteiger charge is -2.28. The van der Waals surface area contributed by atoms with Gasteiger partial charge in [0.2, 0.25) is 5.95 Å². The van der Waals surface area contributed by atoms with Crippen LogP contribution >= 0.6 is 0 Å². The second kappa shape index (κ2) is 11.2. The Morgan fingerprint density at radius 1 is 1.03 bits per heavy atom. The van der Waals surface area contributed by atoms with E-state index in [4.69, 9.17) is 19.7 Å². The molecule has 1 aliphatic rings. The summed E-state index contributed by atoms with van der Waals surface area (Å²) < 4.78 is 36.6. The minimum atomic E-state index is -4.00. The van der Waals surface area contributed by atoms with Gasteiger partial charge in [-0.1, -0.05) is 49.0 Å². The minimum absolute atomic E-state index is 0.188. The molecule has 2 aromatic carbocycles. The topological polar surface area (TPSA) is 82.5 Å². The van der Waals surface area contributed by atoms with E-state index in [9.17, 15) is 13.2 Å². The highest BCUT2D eigenvalue weighted by molar-refractivity contribution is 5.93. The molecule has 1 saturated heterocycles. The third kappa shape index (κ3) is 6.50. The van der Waals surface area contributed by atoms with Gasteiger partial charge in [0, 0.05) is 49.4 Å². The summed E-state index contributed by atoms with van der Waals surface area (Å²) in [6.07, 6.45) is -2.09. The largest absolute Gasteiger partial charge is 0.386 e. The third-order valence-electron chi connectivity index (χ3n) is 5.44. The zero-order valence-electron chi connectivity index (χ0n) is 20.2. The van der Waals surface area contributed by atoms with Crippen LogP contribution in [0.1, 0.15) is 12.5 Å². The number of nitrogens with one attached hydrogen (secondary N) is 1. The molecule has 0 spiro atoms. The number of aromatic nitrogens is 4. The van der Waals surface area contributed by atoms with Crippen molar-refractivity contribution in [3.63, 3.8) is 0 Å². The highest BCUT2D eigenvalue weighted by atomic mass is 19.4. The standard InChI is InChI=1S/C24H23N7O.C2H3F3/c1-17(18-7-4-3-5-8-18)31(25-2)24-28-22(20-9-6-10-21-19(20)11-12-26-21)27-23(29-24)30-13-15-32-16-14-30;1-2(3,4)5/h3-12,26H,1-2,13-16H2;1H3. The lowest BCUT2D eigenvalue weighted by molar-refractivity contribution is -0.110. The molecule has 8 nitrogen and oxygen atoms in total. The monoisotopic (exact) mass is 509 g/mol. The quantitative estimate of drug-likeness (QED) is 0.272. The molecule has 1 aliphatic heterocycles. The summed E-state index contributed by atoms with van der Waals surface area (Å²) in [5.74, 6) is 1.51.